The van der Waals surface area contributed by atoms with Crippen LogP contribution in [0.1, 0.15) is 15.9 Å². The largest absolute Gasteiger partial charge is 0.272 e. The van der Waals surface area contributed by atoms with Crippen molar-refractivity contribution in [3.05, 3.63) is 64.9 Å². The Kier molecular flexibility index (Phi) is 4.04. The van der Waals surface area contributed by atoms with E-state index in [0.717, 1.165) is 5.56 Å². The Hall–Kier alpha value is -2.20. The molecule has 1 heterocycles. The average Bonchev–Trinajstić information content (AvgIpc) is 2.40. The van der Waals surface area contributed by atoms with Crippen molar-refractivity contribution in [3.63, 3.8) is 0 Å². The second-order valence-corrected chi connectivity index (χ2v) is 3.87. The molecular weight excluding hydrogens is 250 g/mol. The molecule has 1 amide bonds. The van der Waals surface area contributed by atoms with Gasteiger partial charge in [0.15, 0.2) is 0 Å². The van der Waals surface area contributed by atoms with Crippen LogP contribution in [0.3, 0.4) is 0 Å². The molecule has 0 aliphatic carbocycles. The quantitative estimate of drug-likeness (QED) is 0.680. The van der Waals surface area contributed by atoms with Crippen LogP contribution in [0.15, 0.2) is 53.9 Å². The number of hydrogen-bond acceptors (Lipinski definition) is 3. The van der Waals surface area contributed by atoms with Gasteiger partial charge in [0, 0.05) is 12.4 Å². The number of carbonyl (C=O) groups excluding carboxylic acids is 1. The van der Waals surface area contributed by atoms with E-state index >= 15 is 0 Å². The highest BCUT2D eigenvalue weighted by Crippen LogP contribution is 2.14. The van der Waals surface area contributed by atoms with Crippen molar-refractivity contribution in [2.24, 2.45) is 5.10 Å². The summed E-state index contributed by atoms with van der Waals surface area (Å²) in [6, 6.07) is 10.4. The van der Waals surface area contributed by atoms with Gasteiger partial charge >= 0.3 is 0 Å². The summed E-state index contributed by atoms with van der Waals surface area (Å²) in [5, 5.41) is 4.25. The van der Waals surface area contributed by atoms with Crippen molar-refractivity contribution in [1.29, 1.82) is 0 Å². The Labute approximate surface area is 109 Å². The summed E-state index contributed by atoms with van der Waals surface area (Å²) >= 11 is 5.89. The zero-order valence-corrected chi connectivity index (χ0v) is 10.1. The first-order chi connectivity index (χ1) is 8.77. The van der Waals surface area contributed by atoms with Crippen molar-refractivity contribution in [2.45, 2.75) is 0 Å². The molecule has 0 aliphatic rings. The minimum absolute atomic E-state index is 0.342. The Morgan fingerprint density at radius 2 is 1.94 bits per heavy atom. The standard InChI is InChI=1S/C13H10ClN3O/c14-12-4-2-1-3-11(12)13(18)17-16-9-10-5-7-15-8-6-10/h1-9H,(H,17,18)/b16-9-. The van der Waals surface area contributed by atoms with Gasteiger partial charge < -0.3 is 0 Å². The highest BCUT2D eigenvalue weighted by Gasteiger charge is 2.07. The fourth-order valence-corrected chi connectivity index (χ4v) is 1.54. The van der Waals surface area contributed by atoms with Crippen molar-refractivity contribution in [3.8, 4) is 0 Å². The van der Waals surface area contributed by atoms with Crippen molar-refractivity contribution >= 4 is 23.7 Å². The van der Waals surface area contributed by atoms with E-state index < -0.39 is 0 Å². The number of nitrogens with zero attached hydrogens (tertiary/aromatic N) is 2. The van der Waals surface area contributed by atoms with E-state index in [1.54, 1.807) is 48.8 Å². The average molecular weight is 260 g/mol. The van der Waals surface area contributed by atoms with Gasteiger partial charge in [-0.2, -0.15) is 5.10 Å². The molecule has 4 nitrogen and oxygen atoms in total. The van der Waals surface area contributed by atoms with Crippen LogP contribution in [0.25, 0.3) is 0 Å². The Morgan fingerprint density at radius 3 is 2.67 bits per heavy atom. The Bertz CT molecular complexity index is 569. The summed E-state index contributed by atoms with van der Waals surface area (Å²) < 4.78 is 0. The Morgan fingerprint density at radius 1 is 1.22 bits per heavy atom. The number of hydrazone groups is 1. The molecule has 0 aliphatic heterocycles. The van der Waals surface area contributed by atoms with Gasteiger partial charge in [0.05, 0.1) is 16.8 Å². The first-order valence-corrected chi connectivity index (χ1v) is 5.63. The number of halogens is 1. The minimum Gasteiger partial charge on any atom is -0.267 e. The number of aromatic nitrogens is 1. The predicted molar refractivity (Wildman–Crippen MR) is 70.7 cm³/mol. The third-order valence-corrected chi connectivity index (χ3v) is 2.53. The van der Waals surface area contributed by atoms with Gasteiger partial charge in [-0.05, 0) is 29.8 Å². The van der Waals surface area contributed by atoms with Crippen molar-refractivity contribution in [2.75, 3.05) is 0 Å². The number of pyridine rings is 1. The fourth-order valence-electron chi connectivity index (χ4n) is 1.32. The number of rotatable bonds is 3. The predicted octanol–water partition coefficient (Wildman–Crippen LogP) is 2.50. The summed E-state index contributed by atoms with van der Waals surface area (Å²) in [4.78, 5) is 15.6. The summed E-state index contributed by atoms with van der Waals surface area (Å²) in [6.07, 6.45) is 4.84. The van der Waals surface area contributed by atoms with Gasteiger partial charge in [-0.1, -0.05) is 23.7 Å². The topological polar surface area (TPSA) is 54.4 Å². The first kappa shape index (κ1) is 12.3. The van der Waals surface area contributed by atoms with E-state index in [1.807, 2.05) is 0 Å². The highest BCUT2D eigenvalue weighted by atomic mass is 35.5. The van der Waals surface area contributed by atoms with Gasteiger partial charge in [-0.3, -0.25) is 9.78 Å². The molecule has 0 fully saturated rings. The van der Waals surface area contributed by atoms with Crippen LogP contribution in [0.5, 0.6) is 0 Å². The van der Waals surface area contributed by atoms with Crippen LogP contribution in [0, 0.1) is 0 Å². The normalized spacial score (nSPS) is 10.5. The van der Waals surface area contributed by atoms with E-state index in [1.165, 1.54) is 6.21 Å². The molecule has 0 saturated heterocycles. The smallest absolute Gasteiger partial charge is 0.267 e. The number of benzene rings is 1. The Balaban J connectivity index is 2.01. The lowest BCUT2D eigenvalue weighted by molar-refractivity contribution is 0.0955. The molecule has 0 radical (unpaired) electrons. The number of carbonyl (C=O) groups is 1. The second-order valence-electron chi connectivity index (χ2n) is 3.46. The summed E-state index contributed by atoms with van der Waals surface area (Å²) in [5.41, 5.74) is 3.66. The van der Waals surface area contributed by atoms with Crippen LogP contribution in [0.2, 0.25) is 5.02 Å². The molecule has 18 heavy (non-hydrogen) atoms. The maximum absolute atomic E-state index is 11.7. The lowest BCUT2D eigenvalue weighted by atomic mass is 10.2. The van der Waals surface area contributed by atoms with Crippen LogP contribution < -0.4 is 5.43 Å². The van der Waals surface area contributed by atoms with E-state index in [4.69, 9.17) is 11.6 Å². The third-order valence-electron chi connectivity index (χ3n) is 2.20. The van der Waals surface area contributed by atoms with E-state index in [-0.39, 0.29) is 5.91 Å². The molecule has 0 bridgehead atoms. The zero-order valence-electron chi connectivity index (χ0n) is 9.38. The van der Waals surface area contributed by atoms with Crippen molar-refractivity contribution in [1.82, 2.24) is 10.4 Å². The fraction of sp³-hybridized carbons (Fsp3) is 0. The van der Waals surface area contributed by atoms with E-state index in [0.29, 0.717) is 10.6 Å². The number of hydrogen-bond donors (Lipinski definition) is 1. The minimum atomic E-state index is -0.342. The molecule has 90 valence electrons. The third kappa shape index (κ3) is 3.15. The van der Waals surface area contributed by atoms with E-state index in [9.17, 15) is 4.79 Å². The SMILES string of the molecule is O=C(N/N=C\c1ccncc1)c1ccccc1Cl. The molecule has 5 heteroatoms. The molecule has 0 spiro atoms. The molecule has 2 rings (SSSR count). The van der Waals surface area contributed by atoms with Gasteiger partial charge in [0.25, 0.3) is 5.91 Å². The number of nitrogens with one attached hydrogen (secondary N) is 1. The van der Waals surface area contributed by atoms with Crippen LogP contribution in [-0.2, 0) is 0 Å². The molecule has 2 aromatic rings. The second kappa shape index (κ2) is 5.93. The molecule has 1 aromatic carbocycles. The lowest BCUT2D eigenvalue weighted by Gasteiger charge is -2.01. The molecule has 1 N–H and O–H groups in total. The maximum Gasteiger partial charge on any atom is 0.272 e. The number of amides is 1. The van der Waals surface area contributed by atoms with Crippen LogP contribution in [-0.4, -0.2) is 17.1 Å². The summed E-state index contributed by atoms with van der Waals surface area (Å²) in [6.45, 7) is 0. The van der Waals surface area contributed by atoms with Gasteiger partial charge in [0.1, 0.15) is 0 Å². The first-order valence-electron chi connectivity index (χ1n) is 5.25. The summed E-state index contributed by atoms with van der Waals surface area (Å²) in [5.74, 6) is -0.342. The molecule has 1 aromatic heterocycles. The van der Waals surface area contributed by atoms with Gasteiger partial charge in [0.2, 0.25) is 0 Å². The van der Waals surface area contributed by atoms with Crippen LogP contribution in [0.4, 0.5) is 0 Å². The van der Waals surface area contributed by atoms with Gasteiger partial charge in [-0.15, -0.1) is 0 Å². The molecule has 0 atom stereocenters. The summed E-state index contributed by atoms with van der Waals surface area (Å²) in [7, 11) is 0. The highest BCUT2D eigenvalue weighted by molar-refractivity contribution is 6.33. The molecule has 0 saturated carbocycles. The van der Waals surface area contributed by atoms with Crippen molar-refractivity contribution < 1.29 is 4.79 Å². The van der Waals surface area contributed by atoms with Gasteiger partial charge in [-0.25, -0.2) is 5.43 Å². The molecular formula is C13H10ClN3O. The van der Waals surface area contributed by atoms with E-state index in [2.05, 4.69) is 15.5 Å². The lowest BCUT2D eigenvalue weighted by Crippen LogP contribution is -2.17. The maximum atomic E-state index is 11.7. The van der Waals surface area contributed by atoms with Crippen LogP contribution >= 0.6 is 11.6 Å². The monoisotopic (exact) mass is 259 g/mol. The molecule has 0 unspecified atom stereocenters. The zero-order chi connectivity index (χ0) is 12.8.